The summed E-state index contributed by atoms with van der Waals surface area (Å²) in [6.07, 6.45) is 1.93. The minimum Gasteiger partial charge on any atom is -0.327 e. The van der Waals surface area contributed by atoms with Crippen molar-refractivity contribution in [2.75, 3.05) is 11.9 Å². The Morgan fingerprint density at radius 3 is 2.92 bits per heavy atom. The minimum atomic E-state index is -0.0692. The molecule has 2 aromatic carbocycles. The number of likely N-dealkylation sites (tertiary alicyclic amines) is 1. The van der Waals surface area contributed by atoms with Crippen molar-refractivity contribution in [1.82, 2.24) is 14.5 Å². The summed E-state index contributed by atoms with van der Waals surface area (Å²) in [7, 11) is 0. The van der Waals surface area contributed by atoms with Gasteiger partial charge in [0, 0.05) is 23.2 Å². The van der Waals surface area contributed by atoms with Crippen molar-refractivity contribution >= 4 is 38.7 Å². The second-order valence-electron chi connectivity index (χ2n) is 6.49. The van der Waals surface area contributed by atoms with E-state index < -0.39 is 0 Å². The molecule has 1 aliphatic heterocycles. The largest absolute Gasteiger partial charge is 0.327 e. The van der Waals surface area contributed by atoms with Crippen molar-refractivity contribution in [3.63, 3.8) is 0 Å². The number of benzene rings is 2. The van der Waals surface area contributed by atoms with E-state index in [0.717, 1.165) is 52.9 Å². The van der Waals surface area contributed by atoms with E-state index in [1.165, 1.54) is 0 Å². The highest BCUT2D eigenvalue weighted by molar-refractivity contribution is 9.10. The van der Waals surface area contributed by atoms with Crippen LogP contribution in [0.1, 0.15) is 31.6 Å². The van der Waals surface area contributed by atoms with Gasteiger partial charge in [0.2, 0.25) is 0 Å². The molecule has 5 nitrogen and oxygen atoms in total. The Morgan fingerprint density at radius 2 is 2.12 bits per heavy atom. The molecule has 0 radical (unpaired) electrons. The highest BCUT2D eigenvalue weighted by Crippen LogP contribution is 2.34. The lowest BCUT2D eigenvalue weighted by molar-refractivity contribution is 0.204. The molecule has 0 bridgehead atoms. The number of aromatic nitrogens is 2. The molecule has 1 saturated heterocycles. The van der Waals surface area contributed by atoms with E-state index in [0.29, 0.717) is 0 Å². The van der Waals surface area contributed by atoms with E-state index in [9.17, 15) is 4.79 Å². The number of hydrogen-bond donors (Lipinski definition) is 1. The number of para-hydroxylation sites is 2. The lowest BCUT2D eigenvalue weighted by Gasteiger charge is -2.25. The van der Waals surface area contributed by atoms with Crippen molar-refractivity contribution in [3.8, 4) is 0 Å². The molecule has 2 amide bonds. The van der Waals surface area contributed by atoms with Crippen molar-refractivity contribution < 1.29 is 4.79 Å². The summed E-state index contributed by atoms with van der Waals surface area (Å²) in [5.74, 6) is 0.982. The summed E-state index contributed by atoms with van der Waals surface area (Å²) in [5.41, 5.74) is 2.91. The van der Waals surface area contributed by atoms with E-state index in [4.69, 9.17) is 4.98 Å². The van der Waals surface area contributed by atoms with E-state index in [2.05, 4.69) is 38.8 Å². The summed E-state index contributed by atoms with van der Waals surface area (Å²) < 4.78 is 3.17. The molecule has 2 heterocycles. The third kappa shape index (κ3) is 3.09. The van der Waals surface area contributed by atoms with Gasteiger partial charge < -0.3 is 14.8 Å². The number of carbonyl (C=O) groups is 1. The van der Waals surface area contributed by atoms with Gasteiger partial charge in [0.15, 0.2) is 0 Å². The lowest BCUT2D eigenvalue weighted by atomic mass is 10.2. The second-order valence-corrected chi connectivity index (χ2v) is 7.41. The molecule has 0 saturated carbocycles. The first-order valence-corrected chi connectivity index (χ1v) is 9.75. The standard InChI is InChI=1S/C20H21BrN4O/c1-2-24-17-10-4-3-9-16(17)23-19(24)18-11-6-12-25(18)20(26)22-15-8-5-7-14(21)13-15/h3-5,7-10,13,18H,2,6,11-12H2,1H3,(H,22,26). The molecule has 0 aliphatic carbocycles. The van der Waals surface area contributed by atoms with Crippen LogP contribution in [0.5, 0.6) is 0 Å². The fourth-order valence-electron chi connectivity index (χ4n) is 3.72. The van der Waals surface area contributed by atoms with Crippen molar-refractivity contribution in [2.24, 2.45) is 0 Å². The Hall–Kier alpha value is -2.34. The Kier molecular flexibility index (Phi) is 4.68. The topological polar surface area (TPSA) is 50.2 Å². The molecule has 1 unspecified atom stereocenters. The number of hydrogen-bond acceptors (Lipinski definition) is 2. The Bertz CT molecular complexity index is 952. The van der Waals surface area contributed by atoms with Crippen molar-refractivity contribution in [2.45, 2.75) is 32.4 Å². The maximum atomic E-state index is 12.9. The molecule has 4 rings (SSSR count). The maximum Gasteiger partial charge on any atom is 0.322 e. The van der Waals surface area contributed by atoms with Gasteiger partial charge in [-0.1, -0.05) is 34.1 Å². The lowest BCUT2D eigenvalue weighted by Crippen LogP contribution is -2.35. The van der Waals surface area contributed by atoms with Crippen LogP contribution in [0.3, 0.4) is 0 Å². The Morgan fingerprint density at radius 1 is 1.27 bits per heavy atom. The SMILES string of the molecule is CCn1c(C2CCCN2C(=O)Nc2cccc(Br)c2)nc2ccccc21. The normalized spacial score (nSPS) is 17.0. The fourth-order valence-corrected chi connectivity index (χ4v) is 4.12. The van der Waals surface area contributed by atoms with Gasteiger partial charge in [-0.3, -0.25) is 0 Å². The van der Waals surface area contributed by atoms with Crippen molar-refractivity contribution in [3.05, 3.63) is 58.8 Å². The third-order valence-electron chi connectivity index (χ3n) is 4.89. The van der Waals surface area contributed by atoms with Crippen molar-refractivity contribution in [1.29, 1.82) is 0 Å². The van der Waals surface area contributed by atoms with Gasteiger partial charge >= 0.3 is 6.03 Å². The monoisotopic (exact) mass is 412 g/mol. The van der Waals surface area contributed by atoms with Gasteiger partial charge in [-0.2, -0.15) is 0 Å². The van der Waals surface area contributed by atoms with Gasteiger partial charge in [0.1, 0.15) is 5.82 Å². The van der Waals surface area contributed by atoms with E-state index in [1.54, 1.807) is 0 Å². The first kappa shape index (κ1) is 17.1. The van der Waals surface area contributed by atoms with Crippen LogP contribution in [0.2, 0.25) is 0 Å². The molecular formula is C20H21BrN4O. The zero-order chi connectivity index (χ0) is 18.1. The predicted molar refractivity (Wildman–Crippen MR) is 107 cm³/mol. The molecular weight excluding hydrogens is 392 g/mol. The smallest absolute Gasteiger partial charge is 0.322 e. The van der Waals surface area contributed by atoms with Gasteiger partial charge in [0.25, 0.3) is 0 Å². The van der Waals surface area contributed by atoms with Crippen LogP contribution < -0.4 is 5.32 Å². The Balaban J connectivity index is 1.63. The molecule has 1 N–H and O–H groups in total. The number of imidazole rings is 1. The number of aryl methyl sites for hydroxylation is 1. The number of carbonyl (C=O) groups excluding carboxylic acids is 1. The fraction of sp³-hybridized carbons (Fsp3) is 0.300. The summed E-state index contributed by atoms with van der Waals surface area (Å²) in [5, 5.41) is 3.02. The number of urea groups is 1. The van der Waals surface area contributed by atoms with Crippen LogP contribution in [0.15, 0.2) is 53.0 Å². The van der Waals surface area contributed by atoms with Crippen LogP contribution >= 0.6 is 15.9 Å². The van der Waals surface area contributed by atoms with Gasteiger partial charge in [0.05, 0.1) is 17.1 Å². The van der Waals surface area contributed by atoms with Crippen LogP contribution in [0, 0.1) is 0 Å². The molecule has 6 heteroatoms. The third-order valence-corrected chi connectivity index (χ3v) is 5.38. The number of amides is 2. The molecule has 1 atom stereocenters. The number of nitrogens with zero attached hydrogens (tertiary/aromatic N) is 3. The van der Waals surface area contributed by atoms with Gasteiger partial charge in [-0.05, 0) is 50.1 Å². The maximum absolute atomic E-state index is 12.9. The first-order valence-electron chi connectivity index (χ1n) is 8.95. The first-order chi connectivity index (χ1) is 12.7. The number of rotatable bonds is 3. The molecule has 1 aliphatic rings. The van der Waals surface area contributed by atoms with Crippen LogP contribution in [0.25, 0.3) is 11.0 Å². The second kappa shape index (κ2) is 7.11. The predicted octanol–water partition coefficient (Wildman–Crippen LogP) is 5.19. The van der Waals surface area contributed by atoms with E-state index in [1.807, 2.05) is 47.4 Å². The summed E-state index contributed by atoms with van der Waals surface area (Å²) in [6.45, 7) is 3.71. The quantitative estimate of drug-likeness (QED) is 0.643. The minimum absolute atomic E-state index is 0.00880. The zero-order valence-corrected chi connectivity index (χ0v) is 16.2. The number of nitrogens with one attached hydrogen (secondary N) is 1. The van der Waals surface area contributed by atoms with Gasteiger partial charge in [-0.25, -0.2) is 9.78 Å². The van der Waals surface area contributed by atoms with Crippen LogP contribution in [0.4, 0.5) is 10.5 Å². The average Bonchev–Trinajstić information content (AvgIpc) is 3.25. The highest BCUT2D eigenvalue weighted by Gasteiger charge is 2.33. The Labute approximate surface area is 161 Å². The molecule has 1 fully saturated rings. The molecule has 26 heavy (non-hydrogen) atoms. The van der Waals surface area contributed by atoms with E-state index in [-0.39, 0.29) is 12.1 Å². The highest BCUT2D eigenvalue weighted by atomic mass is 79.9. The molecule has 1 aromatic heterocycles. The zero-order valence-electron chi connectivity index (χ0n) is 14.7. The van der Waals surface area contributed by atoms with Crippen LogP contribution in [-0.2, 0) is 6.54 Å². The molecule has 3 aromatic rings. The molecule has 134 valence electrons. The molecule has 0 spiro atoms. The summed E-state index contributed by atoms with van der Waals surface area (Å²) in [4.78, 5) is 19.7. The summed E-state index contributed by atoms with van der Waals surface area (Å²) >= 11 is 3.44. The van der Waals surface area contributed by atoms with E-state index >= 15 is 0 Å². The number of anilines is 1. The average molecular weight is 413 g/mol. The van der Waals surface area contributed by atoms with Gasteiger partial charge in [-0.15, -0.1) is 0 Å². The van der Waals surface area contributed by atoms with Crippen LogP contribution in [-0.4, -0.2) is 27.0 Å². The number of halogens is 1. The number of fused-ring (bicyclic) bond motifs is 1. The summed E-state index contributed by atoms with van der Waals surface area (Å²) in [6, 6.07) is 15.8.